The number of hydrogen-bond acceptors (Lipinski definition) is 5. The number of carbonyl (C=O) groups excluding carboxylic acids is 2. The highest BCUT2D eigenvalue weighted by Gasteiger charge is 2.39. The fourth-order valence-corrected chi connectivity index (χ4v) is 9.01. The molecule has 260 valence electrons. The molecule has 2 aliphatic heterocycles. The number of aromatic amines is 1. The van der Waals surface area contributed by atoms with Gasteiger partial charge in [-0.2, -0.15) is 0 Å². The Kier molecular flexibility index (Phi) is 8.42. The number of hydrogen-bond donors (Lipinski definition) is 2. The average Bonchev–Trinajstić information content (AvgIpc) is 3.45. The number of halogens is 2. The SMILES string of the molecule is CCc1cc(-c2ccc3c(c2)OC(c2ccc(C4CC4)s2)n2c-3c(F)c3cc(Cl)ccc32)[nH]c1C1CCCN1C(=O)C(NC(=O)OC)C(C)C. The summed E-state index contributed by atoms with van der Waals surface area (Å²) in [7, 11) is 1.30. The van der Waals surface area contributed by atoms with Crippen molar-refractivity contribution < 1.29 is 23.5 Å². The number of likely N-dealkylation sites (tertiary alicyclic amines) is 1. The predicted molar refractivity (Wildman–Crippen MR) is 194 cm³/mol. The van der Waals surface area contributed by atoms with E-state index in [1.165, 1.54) is 24.8 Å². The van der Waals surface area contributed by atoms with Gasteiger partial charge in [-0.1, -0.05) is 38.4 Å². The molecule has 8 rings (SSSR count). The molecular weight excluding hydrogens is 675 g/mol. The lowest BCUT2D eigenvalue weighted by molar-refractivity contribution is -0.135. The van der Waals surface area contributed by atoms with Crippen LogP contribution in [0.1, 0.15) is 85.7 Å². The molecule has 3 aliphatic rings. The maximum atomic E-state index is 16.4. The molecule has 3 unspecified atom stereocenters. The molecule has 1 saturated carbocycles. The Morgan fingerprint density at radius 1 is 1.10 bits per heavy atom. The van der Waals surface area contributed by atoms with Gasteiger partial charge in [0, 0.05) is 44.3 Å². The third kappa shape index (κ3) is 5.57. The molecule has 0 spiro atoms. The van der Waals surface area contributed by atoms with Crippen molar-refractivity contribution in [2.75, 3.05) is 13.7 Å². The first-order chi connectivity index (χ1) is 24.2. The number of benzene rings is 2. The van der Waals surface area contributed by atoms with E-state index in [9.17, 15) is 9.59 Å². The number of rotatable bonds is 8. The number of aryl methyl sites for hydroxylation is 1. The van der Waals surface area contributed by atoms with Gasteiger partial charge in [0.05, 0.1) is 29.2 Å². The first-order valence-electron chi connectivity index (χ1n) is 17.4. The lowest BCUT2D eigenvalue weighted by atomic mass is 10.0. The van der Waals surface area contributed by atoms with Crippen molar-refractivity contribution in [3.8, 4) is 28.3 Å². The monoisotopic (exact) mass is 714 g/mol. The summed E-state index contributed by atoms with van der Waals surface area (Å²) in [5.41, 5.74) is 5.84. The summed E-state index contributed by atoms with van der Waals surface area (Å²) in [5.74, 6) is 0.675. The van der Waals surface area contributed by atoms with Gasteiger partial charge in [0.2, 0.25) is 12.1 Å². The normalized spacial score (nSPS) is 19.0. The first-order valence-corrected chi connectivity index (χ1v) is 18.6. The minimum atomic E-state index is -0.691. The number of thiophene rings is 1. The van der Waals surface area contributed by atoms with Crippen LogP contribution >= 0.6 is 22.9 Å². The minimum Gasteiger partial charge on any atom is -0.464 e. The maximum absolute atomic E-state index is 16.4. The number of methoxy groups -OCH3 is 1. The number of amides is 2. The van der Waals surface area contributed by atoms with Crippen molar-refractivity contribution in [1.82, 2.24) is 19.8 Å². The largest absolute Gasteiger partial charge is 0.464 e. The lowest BCUT2D eigenvalue weighted by Gasteiger charge is -2.31. The first kappa shape index (κ1) is 32.9. The van der Waals surface area contributed by atoms with Crippen LogP contribution in [0, 0.1) is 11.7 Å². The van der Waals surface area contributed by atoms with Gasteiger partial charge < -0.3 is 24.7 Å². The van der Waals surface area contributed by atoms with Crippen molar-refractivity contribution in [3.63, 3.8) is 0 Å². The highest BCUT2D eigenvalue weighted by atomic mass is 35.5. The van der Waals surface area contributed by atoms with E-state index in [0.29, 0.717) is 39.9 Å². The fraction of sp³-hybridized carbons (Fsp3) is 0.385. The highest BCUT2D eigenvalue weighted by Crippen LogP contribution is 2.50. The summed E-state index contributed by atoms with van der Waals surface area (Å²) >= 11 is 8.08. The fourth-order valence-electron chi connectivity index (χ4n) is 7.64. The van der Waals surface area contributed by atoms with Crippen LogP contribution in [0.5, 0.6) is 5.75 Å². The van der Waals surface area contributed by atoms with Crippen LogP contribution in [0.15, 0.2) is 54.6 Å². The van der Waals surface area contributed by atoms with Crippen molar-refractivity contribution >= 4 is 45.8 Å². The van der Waals surface area contributed by atoms with E-state index in [1.807, 2.05) is 47.6 Å². The Balaban J connectivity index is 1.17. The molecule has 2 N–H and O–H groups in total. The zero-order valence-corrected chi connectivity index (χ0v) is 30.1. The summed E-state index contributed by atoms with van der Waals surface area (Å²) in [6.45, 7) is 6.55. The van der Waals surface area contributed by atoms with E-state index in [1.54, 1.807) is 23.5 Å². The van der Waals surface area contributed by atoms with E-state index >= 15 is 4.39 Å². The zero-order valence-electron chi connectivity index (χ0n) is 28.5. The smallest absolute Gasteiger partial charge is 0.407 e. The molecule has 0 radical (unpaired) electrons. The molecular formula is C39H40ClFN4O4S. The second-order valence-corrected chi connectivity index (χ2v) is 15.5. The predicted octanol–water partition coefficient (Wildman–Crippen LogP) is 9.58. The number of ether oxygens (including phenoxy) is 2. The highest BCUT2D eigenvalue weighted by molar-refractivity contribution is 7.12. The molecule has 2 amide bonds. The summed E-state index contributed by atoms with van der Waals surface area (Å²) in [5, 5.41) is 3.69. The molecule has 5 heterocycles. The van der Waals surface area contributed by atoms with Crippen LogP contribution in [-0.4, -0.2) is 46.1 Å². The molecule has 3 aromatic heterocycles. The summed E-state index contributed by atoms with van der Waals surface area (Å²) in [6, 6.07) is 16.9. The van der Waals surface area contributed by atoms with Crippen LogP contribution in [0.2, 0.25) is 5.02 Å². The zero-order chi connectivity index (χ0) is 34.8. The molecule has 5 aromatic rings. The number of carbonyl (C=O) groups is 2. The van der Waals surface area contributed by atoms with Crippen molar-refractivity contribution in [3.05, 3.63) is 86.4 Å². The van der Waals surface area contributed by atoms with Crippen molar-refractivity contribution in [2.45, 2.75) is 77.1 Å². The molecule has 3 atom stereocenters. The Labute approximate surface area is 299 Å². The van der Waals surface area contributed by atoms with E-state index in [4.69, 9.17) is 21.1 Å². The van der Waals surface area contributed by atoms with Gasteiger partial charge in [0.25, 0.3) is 0 Å². The summed E-state index contributed by atoms with van der Waals surface area (Å²) in [6.07, 6.45) is 3.71. The minimum absolute atomic E-state index is 0.109. The van der Waals surface area contributed by atoms with E-state index in [0.717, 1.165) is 52.2 Å². The maximum Gasteiger partial charge on any atom is 0.407 e. The number of fused-ring (bicyclic) bond motifs is 5. The molecule has 8 nitrogen and oxygen atoms in total. The topological polar surface area (TPSA) is 88.6 Å². The number of alkyl carbamates (subject to hydrolysis) is 1. The van der Waals surface area contributed by atoms with Crippen molar-refractivity contribution in [2.24, 2.45) is 5.92 Å². The Morgan fingerprint density at radius 3 is 2.64 bits per heavy atom. The van der Waals surface area contributed by atoms with Crippen molar-refractivity contribution in [1.29, 1.82) is 0 Å². The van der Waals surface area contributed by atoms with Gasteiger partial charge in [0.1, 0.15) is 11.8 Å². The van der Waals surface area contributed by atoms with Gasteiger partial charge >= 0.3 is 6.09 Å². The van der Waals surface area contributed by atoms with Gasteiger partial charge in [-0.15, -0.1) is 11.3 Å². The molecule has 50 heavy (non-hydrogen) atoms. The standard InChI is InChI=1S/C39H40ClFN4O4S/c1-5-21-17-27(42-35(21)29-7-6-16-44(29)37(46)34(20(2)3)43-39(47)48-4)23-10-12-25-30(18-23)49-38(32-15-14-31(50-32)22-8-9-22)45-28-13-11-24(40)19-26(28)33(41)36(25)45/h10-15,17-20,22,29,34,38,42H,5-9,16H2,1-4H3,(H,43,47). The Bertz CT molecular complexity index is 2130. The quantitative estimate of drug-likeness (QED) is 0.168. The number of nitrogens with one attached hydrogen (secondary N) is 2. The third-order valence-electron chi connectivity index (χ3n) is 10.4. The second-order valence-electron chi connectivity index (χ2n) is 13.9. The number of aromatic nitrogens is 2. The van der Waals surface area contributed by atoms with Crippen LogP contribution in [0.3, 0.4) is 0 Å². The second kappa shape index (κ2) is 12.8. The van der Waals surface area contributed by atoms with E-state index in [-0.39, 0.29) is 23.7 Å². The average molecular weight is 715 g/mol. The summed E-state index contributed by atoms with van der Waals surface area (Å²) in [4.78, 5) is 33.9. The number of nitrogens with zero attached hydrogens (tertiary/aromatic N) is 2. The van der Waals surface area contributed by atoms with Gasteiger partial charge in [-0.05, 0) is 98.0 Å². The Hall–Kier alpha value is -4.28. The third-order valence-corrected chi connectivity index (χ3v) is 11.9. The van der Waals surface area contributed by atoms with Crippen LogP contribution in [0.4, 0.5) is 9.18 Å². The number of H-pyrrole nitrogens is 1. The molecule has 0 bridgehead atoms. The molecule has 11 heteroatoms. The van der Waals surface area contributed by atoms with Gasteiger partial charge in [-0.3, -0.25) is 9.36 Å². The molecule has 1 aliphatic carbocycles. The van der Waals surface area contributed by atoms with Crippen LogP contribution in [0.25, 0.3) is 33.4 Å². The van der Waals surface area contributed by atoms with E-state index < -0.39 is 18.4 Å². The lowest BCUT2D eigenvalue weighted by Crippen LogP contribution is -2.51. The summed E-state index contributed by atoms with van der Waals surface area (Å²) < 4.78 is 30.0. The van der Waals surface area contributed by atoms with Gasteiger partial charge in [0.15, 0.2) is 5.82 Å². The van der Waals surface area contributed by atoms with Crippen LogP contribution in [-0.2, 0) is 16.0 Å². The molecule has 1 saturated heterocycles. The van der Waals surface area contributed by atoms with Gasteiger partial charge in [-0.25, -0.2) is 9.18 Å². The van der Waals surface area contributed by atoms with Crippen LogP contribution < -0.4 is 10.1 Å². The van der Waals surface area contributed by atoms with E-state index in [2.05, 4.69) is 35.4 Å². The Morgan fingerprint density at radius 2 is 1.90 bits per heavy atom. The molecule has 2 aromatic carbocycles. The molecule has 2 fully saturated rings.